The van der Waals surface area contributed by atoms with E-state index in [4.69, 9.17) is 11.6 Å². The minimum Gasteiger partial charge on any atom is -0.352 e. The summed E-state index contributed by atoms with van der Waals surface area (Å²) in [6.45, 7) is 6.55. The van der Waals surface area contributed by atoms with E-state index >= 15 is 0 Å². The summed E-state index contributed by atoms with van der Waals surface area (Å²) < 4.78 is 27.4. The third-order valence-corrected chi connectivity index (χ3v) is 5.53. The van der Waals surface area contributed by atoms with Crippen LogP contribution in [-0.4, -0.2) is 20.9 Å². The second-order valence-corrected chi connectivity index (χ2v) is 8.64. The number of nitrogens with one attached hydrogen (secondary N) is 2. The number of hydrogen-bond donors (Lipinski definition) is 2. The molecular formula is C19H23ClN2O3S. The van der Waals surface area contributed by atoms with Crippen LogP contribution in [0.4, 0.5) is 5.69 Å². The number of hydrogen-bond acceptors (Lipinski definition) is 3. The molecule has 0 bridgehead atoms. The topological polar surface area (TPSA) is 75.3 Å². The summed E-state index contributed by atoms with van der Waals surface area (Å²) in [5, 5.41) is 3.07. The summed E-state index contributed by atoms with van der Waals surface area (Å²) in [4.78, 5) is 12.5. The Hall–Kier alpha value is -2.05. The Kier molecular flexibility index (Phi) is 6.67. The van der Waals surface area contributed by atoms with Gasteiger partial charge in [-0.25, -0.2) is 8.42 Å². The van der Waals surface area contributed by atoms with E-state index in [-0.39, 0.29) is 27.1 Å². The van der Waals surface area contributed by atoms with Gasteiger partial charge in [0.25, 0.3) is 15.9 Å². The lowest BCUT2D eigenvalue weighted by Crippen LogP contribution is -2.25. The summed E-state index contributed by atoms with van der Waals surface area (Å²) in [7, 11) is -3.74. The summed E-state index contributed by atoms with van der Waals surface area (Å²) >= 11 is 6.10. The van der Waals surface area contributed by atoms with Crippen LogP contribution in [0, 0.1) is 12.8 Å². The predicted molar refractivity (Wildman–Crippen MR) is 105 cm³/mol. The number of benzene rings is 2. The van der Waals surface area contributed by atoms with Crippen LogP contribution in [0.25, 0.3) is 0 Å². The molecule has 140 valence electrons. The Bertz CT molecular complexity index is 878. The molecule has 0 atom stereocenters. The van der Waals surface area contributed by atoms with Gasteiger partial charge >= 0.3 is 0 Å². The number of aryl methyl sites for hydroxylation is 1. The minimum atomic E-state index is -3.74. The molecule has 0 fully saturated rings. The van der Waals surface area contributed by atoms with Gasteiger partial charge in [-0.15, -0.1) is 0 Å². The van der Waals surface area contributed by atoms with Crippen LogP contribution in [0.2, 0.25) is 5.02 Å². The van der Waals surface area contributed by atoms with Crippen molar-refractivity contribution in [3.63, 3.8) is 0 Å². The van der Waals surface area contributed by atoms with E-state index in [1.165, 1.54) is 30.3 Å². The zero-order valence-corrected chi connectivity index (χ0v) is 16.6. The van der Waals surface area contributed by atoms with E-state index < -0.39 is 10.0 Å². The molecule has 0 unspecified atom stereocenters. The van der Waals surface area contributed by atoms with Crippen molar-refractivity contribution in [3.05, 3.63) is 58.6 Å². The summed E-state index contributed by atoms with van der Waals surface area (Å²) in [5.41, 5.74) is 1.49. The van der Waals surface area contributed by atoms with E-state index in [1.54, 1.807) is 12.1 Å². The van der Waals surface area contributed by atoms with Gasteiger partial charge in [-0.2, -0.15) is 0 Å². The van der Waals surface area contributed by atoms with Crippen LogP contribution < -0.4 is 10.0 Å². The second kappa shape index (κ2) is 8.56. The normalized spacial score (nSPS) is 11.4. The number of sulfonamides is 1. The highest BCUT2D eigenvalue weighted by atomic mass is 35.5. The maximum atomic E-state index is 12.5. The van der Waals surface area contributed by atoms with Crippen LogP contribution in [0.5, 0.6) is 0 Å². The molecular weight excluding hydrogens is 372 g/mol. The smallest absolute Gasteiger partial charge is 0.261 e. The first-order valence-electron chi connectivity index (χ1n) is 8.36. The standard InChI is InChI=1S/C19H23ClN2O3S/c1-13(2)10-11-21-19(23)17-12-15(6-9-18(17)20)22-26(24,25)16-7-4-14(3)5-8-16/h4-9,12-13,22H,10-11H2,1-3H3,(H,21,23). The summed E-state index contributed by atoms with van der Waals surface area (Å²) in [6.07, 6.45) is 0.850. The van der Waals surface area contributed by atoms with Crippen LogP contribution in [0.1, 0.15) is 36.2 Å². The van der Waals surface area contributed by atoms with Crippen LogP contribution >= 0.6 is 11.6 Å². The molecule has 5 nitrogen and oxygen atoms in total. The summed E-state index contributed by atoms with van der Waals surface area (Å²) in [5.74, 6) is 0.144. The van der Waals surface area contributed by atoms with Gasteiger partial charge in [0.2, 0.25) is 0 Å². The van der Waals surface area contributed by atoms with Crippen molar-refractivity contribution in [2.45, 2.75) is 32.1 Å². The first kappa shape index (κ1) is 20.3. The van der Waals surface area contributed by atoms with Gasteiger partial charge in [-0.05, 0) is 49.6 Å². The average Bonchev–Trinajstić information content (AvgIpc) is 2.56. The zero-order chi connectivity index (χ0) is 19.3. The molecule has 0 spiro atoms. The molecule has 0 aliphatic heterocycles. The molecule has 0 heterocycles. The Labute approximate surface area is 159 Å². The average molecular weight is 395 g/mol. The molecule has 2 aromatic carbocycles. The van der Waals surface area contributed by atoms with Crippen molar-refractivity contribution in [1.82, 2.24) is 5.32 Å². The number of halogens is 1. The van der Waals surface area contributed by atoms with Crippen molar-refractivity contribution in [2.24, 2.45) is 5.92 Å². The fraction of sp³-hybridized carbons (Fsp3) is 0.316. The first-order chi connectivity index (χ1) is 12.2. The highest BCUT2D eigenvalue weighted by molar-refractivity contribution is 7.92. The van der Waals surface area contributed by atoms with Gasteiger partial charge < -0.3 is 5.32 Å². The Morgan fingerprint density at radius 3 is 2.38 bits per heavy atom. The van der Waals surface area contributed by atoms with Gasteiger partial charge in [-0.3, -0.25) is 9.52 Å². The van der Waals surface area contributed by atoms with Crippen LogP contribution in [0.15, 0.2) is 47.4 Å². The second-order valence-electron chi connectivity index (χ2n) is 6.55. The van der Waals surface area contributed by atoms with Crippen LogP contribution in [0.3, 0.4) is 0 Å². The fourth-order valence-electron chi connectivity index (χ4n) is 2.26. The quantitative estimate of drug-likeness (QED) is 0.738. The molecule has 0 saturated heterocycles. The molecule has 0 aromatic heterocycles. The lowest BCUT2D eigenvalue weighted by molar-refractivity contribution is 0.0952. The van der Waals surface area contributed by atoms with E-state index in [9.17, 15) is 13.2 Å². The third-order valence-electron chi connectivity index (χ3n) is 3.80. The highest BCUT2D eigenvalue weighted by Crippen LogP contribution is 2.23. The number of amides is 1. The predicted octanol–water partition coefficient (Wildman–Crippen LogP) is 4.23. The van der Waals surface area contributed by atoms with Crippen molar-refractivity contribution < 1.29 is 13.2 Å². The lowest BCUT2D eigenvalue weighted by Gasteiger charge is -2.12. The Balaban J connectivity index is 2.18. The minimum absolute atomic E-state index is 0.154. The largest absolute Gasteiger partial charge is 0.352 e. The third kappa shape index (κ3) is 5.47. The zero-order valence-electron chi connectivity index (χ0n) is 15.0. The van der Waals surface area contributed by atoms with Gasteiger partial charge in [-0.1, -0.05) is 43.1 Å². The molecule has 0 radical (unpaired) electrons. The molecule has 0 saturated carbocycles. The maximum absolute atomic E-state index is 12.5. The van der Waals surface area contributed by atoms with E-state index in [0.717, 1.165) is 12.0 Å². The van der Waals surface area contributed by atoms with E-state index in [2.05, 4.69) is 23.9 Å². The fourth-order valence-corrected chi connectivity index (χ4v) is 3.52. The number of carbonyl (C=O) groups excluding carboxylic acids is 1. The van der Waals surface area contributed by atoms with Gasteiger partial charge in [0.15, 0.2) is 0 Å². The van der Waals surface area contributed by atoms with Crippen molar-refractivity contribution in [2.75, 3.05) is 11.3 Å². The van der Waals surface area contributed by atoms with E-state index in [1.807, 2.05) is 6.92 Å². The molecule has 0 aliphatic rings. The van der Waals surface area contributed by atoms with Crippen LogP contribution in [-0.2, 0) is 10.0 Å². The van der Waals surface area contributed by atoms with Crippen molar-refractivity contribution >= 4 is 33.2 Å². The molecule has 0 aliphatic carbocycles. The molecule has 26 heavy (non-hydrogen) atoms. The Morgan fingerprint density at radius 1 is 1.12 bits per heavy atom. The number of rotatable bonds is 7. The van der Waals surface area contributed by atoms with Crippen molar-refractivity contribution in [1.29, 1.82) is 0 Å². The highest BCUT2D eigenvalue weighted by Gasteiger charge is 2.16. The molecule has 7 heteroatoms. The maximum Gasteiger partial charge on any atom is 0.261 e. The van der Waals surface area contributed by atoms with Gasteiger partial charge in [0.1, 0.15) is 0 Å². The molecule has 2 rings (SSSR count). The van der Waals surface area contributed by atoms with Gasteiger partial charge in [0.05, 0.1) is 15.5 Å². The molecule has 1 amide bonds. The van der Waals surface area contributed by atoms with E-state index in [0.29, 0.717) is 12.5 Å². The number of anilines is 1. The van der Waals surface area contributed by atoms with Crippen molar-refractivity contribution in [3.8, 4) is 0 Å². The Morgan fingerprint density at radius 2 is 1.77 bits per heavy atom. The summed E-state index contributed by atoms with van der Waals surface area (Å²) in [6, 6.07) is 11.0. The lowest BCUT2D eigenvalue weighted by atomic mass is 10.1. The molecule has 2 N–H and O–H groups in total. The van der Waals surface area contributed by atoms with Gasteiger partial charge in [0, 0.05) is 12.2 Å². The molecule has 2 aromatic rings. The first-order valence-corrected chi connectivity index (χ1v) is 10.2. The SMILES string of the molecule is Cc1ccc(S(=O)(=O)Nc2ccc(Cl)c(C(=O)NCCC(C)C)c2)cc1. The monoisotopic (exact) mass is 394 g/mol. The number of carbonyl (C=O) groups is 1.